The normalized spacial score (nSPS) is 30.0. The number of ether oxygens (including phenoxy) is 1. The summed E-state index contributed by atoms with van der Waals surface area (Å²) in [4.78, 5) is 103. The highest BCUT2D eigenvalue weighted by Crippen LogP contribution is 2.26. The Balaban J connectivity index is 2.21. The monoisotopic (exact) mass is 816 g/mol. The Morgan fingerprint density at radius 2 is 0.879 bits per heavy atom. The number of hydrogen-bond donors (Lipinski definition) is 5. The summed E-state index contributed by atoms with van der Waals surface area (Å²) in [6, 6.07) is -7.26. The van der Waals surface area contributed by atoms with Gasteiger partial charge in [0.2, 0.25) is 41.4 Å². The van der Waals surface area contributed by atoms with E-state index >= 15 is 0 Å². The van der Waals surface area contributed by atoms with Crippen LogP contribution in [0.1, 0.15) is 128 Å². The summed E-state index contributed by atoms with van der Waals surface area (Å²) < 4.78 is 6.24. The fourth-order valence-corrected chi connectivity index (χ4v) is 7.95. The van der Waals surface area contributed by atoms with Crippen LogP contribution in [0.5, 0.6) is 0 Å². The molecule has 0 aliphatic carbocycles. The molecule has 0 aromatic carbocycles. The predicted octanol–water partition coefficient (Wildman–Crippen LogP) is 2.96. The van der Waals surface area contributed by atoms with Crippen LogP contribution in [0.2, 0.25) is 0 Å². The molecule has 3 aliphatic heterocycles. The van der Waals surface area contributed by atoms with E-state index in [-0.39, 0.29) is 36.8 Å². The largest absolute Gasteiger partial charge is 0.366 e. The van der Waals surface area contributed by atoms with Crippen molar-refractivity contribution in [1.82, 2.24) is 36.4 Å². The highest BCUT2D eigenvalue weighted by atomic mass is 16.5. The average molecular weight is 816 g/mol. The van der Waals surface area contributed by atoms with E-state index in [0.717, 1.165) is 0 Å². The van der Waals surface area contributed by atoms with Crippen molar-refractivity contribution >= 4 is 41.4 Å². The van der Waals surface area contributed by atoms with Crippen molar-refractivity contribution in [3.8, 4) is 0 Å². The summed E-state index contributed by atoms with van der Waals surface area (Å²) in [6.07, 6.45) is 4.57. The molecule has 0 spiro atoms. The molecule has 3 rings (SSSR count). The van der Waals surface area contributed by atoms with Crippen LogP contribution in [-0.4, -0.2) is 118 Å². The van der Waals surface area contributed by atoms with Crippen LogP contribution in [0.4, 0.5) is 0 Å². The minimum Gasteiger partial charge on any atom is -0.366 e. The van der Waals surface area contributed by atoms with Gasteiger partial charge in [-0.15, -0.1) is 6.58 Å². The van der Waals surface area contributed by atoms with Gasteiger partial charge in [-0.1, -0.05) is 87.1 Å². The summed E-state index contributed by atoms with van der Waals surface area (Å²) in [5.41, 5.74) is -0.895. The quantitative estimate of drug-likeness (QED) is 0.186. The number of rotatable bonds is 12. The Morgan fingerprint density at radius 1 is 0.569 bits per heavy atom. The first-order valence-corrected chi connectivity index (χ1v) is 21.7. The van der Waals surface area contributed by atoms with E-state index in [1.807, 2.05) is 55.4 Å². The molecule has 3 heterocycles. The van der Waals surface area contributed by atoms with Crippen molar-refractivity contribution in [2.45, 2.75) is 182 Å². The molecule has 328 valence electrons. The van der Waals surface area contributed by atoms with Crippen molar-refractivity contribution in [3.05, 3.63) is 12.7 Å². The van der Waals surface area contributed by atoms with E-state index in [0.29, 0.717) is 51.4 Å². The number of nitrogens with zero attached hydrogens (tertiary/aromatic N) is 2. The maximum atomic E-state index is 14.5. The Hall–Kier alpha value is -4.01. The van der Waals surface area contributed by atoms with Gasteiger partial charge in [0.15, 0.2) is 0 Å². The summed E-state index contributed by atoms with van der Waals surface area (Å²) in [5.74, 6) is -5.08. The van der Waals surface area contributed by atoms with Crippen LogP contribution in [0.25, 0.3) is 0 Å². The molecule has 5 unspecified atom stereocenters. The van der Waals surface area contributed by atoms with Gasteiger partial charge in [-0.2, -0.15) is 0 Å². The molecule has 15 nitrogen and oxygen atoms in total. The summed E-state index contributed by atoms with van der Waals surface area (Å²) in [7, 11) is 0. The molecule has 15 heteroatoms. The number of fused-ring (bicyclic) bond motifs is 2. The van der Waals surface area contributed by atoms with Gasteiger partial charge >= 0.3 is 0 Å². The van der Waals surface area contributed by atoms with Crippen molar-refractivity contribution in [3.63, 3.8) is 0 Å². The third-order valence-electron chi connectivity index (χ3n) is 12.8. The zero-order valence-electron chi connectivity index (χ0n) is 36.9. The highest BCUT2D eigenvalue weighted by molar-refractivity contribution is 5.99. The van der Waals surface area contributed by atoms with Gasteiger partial charge in [0.05, 0.1) is 11.7 Å². The third kappa shape index (κ3) is 11.6. The maximum absolute atomic E-state index is 14.5. The fraction of sp³-hybridized carbons (Fsp3) is 0.791. The van der Waals surface area contributed by atoms with E-state index in [2.05, 4.69) is 33.2 Å². The van der Waals surface area contributed by atoms with Gasteiger partial charge in [-0.3, -0.25) is 33.6 Å². The standard InChI is InChI=1S/C43H73N7O8/c1-13-24(6)31-38(53)46-33(26(8)15-3)41(56)49-22-18-21-30(49)37(52)45-32(25(7)14-2)39(54)48-35(28(10)58-43(11,12)17-5)40(55)47-34(27(9)16-4)42(57)50-23-19-20-29(50)36(51)44-31/h17,24-35H,5,13-16,18-23H2,1-4,6-12H3,(H,44,51)(H,45,52)(H,46,53)(H,47,55)(H,48,54)/t24?,25?,26?,27?,28?,29-,30-,31-,32-,33-,34-,35-/m0/s1. The molecule has 3 saturated heterocycles. The first kappa shape index (κ1) is 48.4. The second-order valence-corrected chi connectivity index (χ2v) is 17.5. The molecule has 7 amide bonds. The molecule has 3 fully saturated rings. The van der Waals surface area contributed by atoms with Gasteiger partial charge in [-0.05, 0) is 70.1 Å². The summed E-state index contributed by atoms with van der Waals surface area (Å²) in [5, 5.41) is 14.6. The van der Waals surface area contributed by atoms with Crippen LogP contribution in [0.3, 0.4) is 0 Å². The Bertz CT molecular complexity index is 1500. The summed E-state index contributed by atoms with van der Waals surface area (Å²) >= 11 is 0. The van der Waals surface area contributed by atoms with Crippen LogP contribution in [-0.2, 0) is 38.3 Å². The fourth-order valence-electron chi connectivity index (χ4n) is 7.95. The second-order valence-electron chi connectivity index (χ2n) is 17.5. The number of nitrogens with one attached hydrogen (secondary N) is 5. The maximum Gasteiger partial charge on any atom is 0.246 e. The van der Waals surface area contributed by atoms with E-state index in [4.69, 9.17) is 4.74 Å². The third-order valence-corrected chi connectivity index (χ3v) is 12.8. The first-order chi connectivity index (χ1) is 27.3. The topological polar surface area (TPSA) is 195 Å². The molecule has 58 heavy (non-hydrogen) atoms. The molecular formula is C43H73N7O8. The van der Waals surface area contributed by atoms with Gasteiger partial charge < -0.3 is 41.1 Å². The van der Waals surface area contributed by atoms with Crippen LogP contribution in [0, 0.1) is 23.7 Å². The van der Waals surface area contributed by atoms with E-state index in [1.54, 1.807) is 26.8 Å². The van der Waals surface area contributed by atoms with Gasteiger partial charge in [0, 0.05) is 13.1 Å². The number of carbonyl (C=O) groups is 7. The van der Waals surface area contributed by atoms with Gasteiger partial charge in [0.1, 0.15) is 42.3 Å². The van der Waals surface area contributed by atoms with Crippen LogP contribution < -0.4 is 26.6 Å². The highest BCUT2D eigenvalue weighted by Gasteiger charge is 2.45. The van der Waals surface area contributed by atoms with Crippen molar-refractivity contribution in [1.29, 1.82) is 0 Å². The SMILES string of the molecule is C=CC(C)(C)OC(C)[C@@H]1NC(=O)[C@H](C(C)CC)NC(=O)[C@@H]2CCCN2C(=O)[C@H](C(C)CC)NC(=O)[C@H](C(C)CC)NC(=O)[C@@H]2CCCN2C(=O)[C@H](C(C)CC)NC1=O. The Kier molecular flexibility index (Phi) is 17.8. The van der Waals surface area contributed by atoms with E-state index < -0.39 is 95.3 Å². The predicted molar refractivity (Wildman–Crippen MR) is 222 cm³/mol. The minimum absolute atomic E-state index is 0.269. The van der Waals surface area contributed by atoms with Gasteiger partial charge in [0.25, 0.3) is 0 Å². The molecule has 12 atom stereocenters. The molecule has 0 radical (unpaired) electrons. The lowest BCUT2D eigenvalue weighted by Crippen LogP contribution is -2.63. The molecule has 0 aromatic rings. The first-order valence-electron chi connectivity index (χ1n) is 21.7. The lowest BCUT2D eigenvalue weighted by molar-refractivity contribution is -0.145. The number of carbonyl (C=O) groups excluding carboxylic acids is 7. The van der Waals surface area contributed by atoms with Crippen molar-refractivity contribution in [2.75, 3.05) is 13.1 Å². The van der Waals surface area contributed by atoms with Crippen LogP contribution in [0.15, 0.2) is 12.7 Å². The molecule has 3 aliphatic rings. The van der Waals surface area contributed by atoms with Gasteiger partial charge in [-0.25, -0.2) is 0 Å². The average Bonchev–Trinajstić information content (AvgIpc) is 3.91. The molecule has 0 saturated carbocycles. The van der Waals surface area contributed by atoms with Crippen molar-refractivity contribution < 1.29 is 38.3 Å². The van der Waals surface area contributed by atoms with E-state index in [1.165, 1.54) is 9.80 Å². The lowest BCUT2D eigenvalue weighted by Gasteiger charge is -2.35. The zero-order valence-corrected chi connectivity index (χ0v) is 36.9. The van der Waals surface area contributed by atoms with Crippen molar-refractivity contribution in [2.24, 2.45) is 23.7 Å². The number of hydrogen-bond acceptors (Lipinski definition) is 8. The lowest BCUT2D eigenvalue weighted by atomic mass is 9.94. The molecular weight excluding hydrogens is 743 g/mol. The minimum atomic E-state index is -1.31. The zero-order chi connectivity index (χ0) is 43.6. The second kappa shape index (κ2) is 21.3. The molecule has 5 N–H and O–H groups in total. The summed E-state index contributed by atoms with van der Waals surface area (Å²) in [6.45, 7) is 24.5. The molecule has 0 aromatic heterocycles. The smallest absolute Gasteiger partial charge is 0.246 e. The number of amides is 7. The van der Waals surface area contributed by atoms with E-state index in [9.17, 15) is 33.6 Å². The Labute approximate surface area is 346 Å². The Morgan fingerprint density at radius 3 is 1.22 bits per heavy atom. The van der Waals surface area contributed by atoms with Crippen LogP contribution >= 0.6 is 0 Å². The molecule has 0 bridgehead atoms.